The van der Waals surface area contributed by atoms with Gasteiger partial charge in [0.1, 0.15) is 11.5 Å². The smallest absolute Gasteiger partial charge is 0.240 e. The molecule has 1 heterocycles. The third kappa shape index (κ3) is 4.81. The molecule has 26 heavy (non-hydrogen) atoms. The van der Waals surface area contributed by atoms with Crippen LogP contribution in [-0.4, -0.2) is 31.6 Å². The molecule has 3 aromatic rings. The number of aromatic hydroxyl groups is 2. The highest BCUT2D eigenvalue weighted by Gasteiger charge is 2.05. The first-order valence-corrected chi connectivity index (χ1v) is 9.05. The van der Waals surface area contributed by atoms with E-state index >= 15 is 0 Å². The van der Waals surface area contributed by atoms with Crippen LogP contribution in [0.15, 0.2) is 46.7 Å². The van der Waals surface area contributed by atoms with Crippen molar-refractivity contribution in [1.29, 1.82) is 0 Å². The van der Waals surface area contributed by atoms with Crippen LogP contribution in [0.25, 0.3) is 0 Å². The second kappa shape index (κ2) is 8.31. The summed E-state index contributed by atoms with van der Waals surface area (Å²) in [6, 6.07) is 9.66. The number of nitrogens with one attached hydrogen (secondary N) is 2. The minimum absolute atomic E-state index is 0.0218. The first-order valence-electron chi connectivity index (χ1n) is 7.31. The van der Waals surface area contributed by atoms with E-state index in [-0.39, 0.29) is 11.5 Å². The summed E-state index contributed by atoms with van der Waals surface area (Å²) in [5.74, 6) is 0.896. The topological polar surface area (TPSA) is 106 Å². The van der Waals surface area contributed by atoms with Gasteiger partial charge in [-0.2, -0.15) is 10.1 Å². The van der Waals surface area contributed by atoms with Crippen molar-refractivity contribution < 1.29 is 10.2 Å². The number of hydrogen-bond acceptors (Lipinski definition) is 7. The third-order valence-electron chi connectivity index (χ3n) is 3.20. The highest BCUT2D eigenvalue weighted by molar-refractivity contribution is 7.98. The SMILES string of the molecule is Oc1ccc(/C=N\Nc2nc(SCc3ccc(Cl)c(Cl)c3)n[nH]2)c(O)c1. The molecule has 4 N–H and O–H groups in total. The Morgan fingerprint density at radius 2 is 2.00 bits per heavy atom. The van der Waals surface area contributed by atoms with E-state index in [1.54, 1.807) is 12.1 Å². The number of rotatable bonds is 6. The lowest BCUT2D eigenvalue weighted by molar-refractivity contribution is 0.450. The second-order valence-electron chi connectivity index (χ2n) is 5.12. The fraction of sp³-hybridized carbons (Fsp3) is 0.0625. The lowest BCUT2D eigenvalue weighted by Crippen LogP contribution is -1.92. The minimum Gasteiger partial charge on any atom is -0.508 e. The number of anilines is 1. The van der Waals surface area contributed by atoms with E-state index in [1.165, 1.54) is 36.2 Å². The molecule has 2 aromatic carbocycles. The van der Waals surface area contributed by atoms with Gasteiger partial charge in [0, 0.05) is 17.4 Å². The zero-order chi connectivity index (χ0) is 18.5. The standard InChI is InChI=1S/C16H13Cl2N5O2S/c17-12-4-1-9(5-13(12)18)8-26-16-20-15(22-23-16)21-19-7-10-2-3-11(24)6-14(10)25/h1-7,24-25H,8H2,(H2,20,21,22,23)/b19-7-. The Labute approximate surface area is 163 Å². The Bertz CT molecular complexity index is 948. The summed E-state index contributed by atoms with van der Waals surface area (Å²) in [4.78, 5) is 4.24. The Kier molecular flexibility index (Phi) is 5.87. The van der Waals surface area contributed by atoms with Crippen molar-refractivity contribution in [1.82, 2.24) is 15.2 Å². The van der Waals surface area contributed by atoms with Gasteiger partial charge in [0.15, 0.2) is 0 Å². The molecule has 1 aromatic heterocycles. The highest BCUT2D eigenvalue weighted by atomic mass is 35.5. The second-order valence-corrected chi connectivity index (χ2v) is 6.87. The third-order valence-corrected chi connectivity index (χ3v) is 4.86. The fourth-order valence-corrected chi connectivity index (χ4v) is 3.00. The van der Waals surface area contributed by atoms with Gasteiger partial charge < -0.3 is 10.2 Å². The minimum atomic E-state index is -0.0778. The van der Waals surface area contributed by atoms with Gasteiger partial charge in [0.25, 0.3) is 0 Å². The van der Waals surface area contributed by atoms with E-state index in [1.807, 2.05) is 6.07 Å². The number of halogens is 2. The van der Waals surface area contributed by atoms with Crippen molar-refractivity contribution >= 4 is 47.1 Å². The summed E-state index contributed by atoms with van der Waals surface area (Å²) in [7, 11) is 0. The van der Waals surface area contributed by atoms with E-state index in [0.29, 0.717) is 32.5 Å². The van der Waals surface area contributed by atoms with Gasteiger partial charge in [-0.25, -0.2) is 10.5 Å². The molecule has 0 amide bonds. The van der Waals surface area contributed by atoms with E-state index in [0.717, 1.165) is 5.56 Å². The molecular weight excluding hydrogens is 397 g/mol. The first kappa shape index (κ1) is 18.4. The van der Waals surface area contributed by atoms with Crippen molar-refractivity contribution in [3.05, 3.63) is 57.6 Å². The van der Waals surface area contributed by atoms with Crippen LogP contribution < -0.4 is 5.43 Å². The number of nitrogens with zero attached hydrogens (tertiary/aromatic N) is 3. The number of aromatic amines is 1. The molecule has 0 aliphatic rings. The number of hydrazone groups is 1. The molecule has 3 rings (SSSR count). The molecule has 0 saturated carbocycles. The monoisotopic (exact) mass is 409 g/mol. The number of aromatic nitrogens is 3. The quantitative estimate of drug-likeness (QED) is 0.275. The molecule has 0 atom stereocenters. The highest BCUT2D eigenvalue weighted by Crippen LogP contribution is 2.26. The van der Waals surface area contributed by atoms with Crippen molar-refractivity contribution in [3.8, 4) is 11.5 Å². The summed E-state index contributed by atoms with van der Waals surface area (Å²) in [5, 5.41) is 31.2. The van der Waals surface area contributed by atoms with Crippen LogP contribution in [0.3, 0.4) is 0 Å². The molecule has 7 nitrogen and oxygen atoms in total. The molecule has 10 heteroatoms. The van der Waals surface area contributed by atoms with E-state index in [2.05, 4.69) is 25.7 Å². The number of benzene rings is 2. The van der Waals surface area contributed by atoms with Gasteiger partial charge in [-0.3, -0.25) is 0 Å². The zero-order valence-corrected chi connectivity index (χ0v) is 15.5. The molecule has 0 radical (unpaired) electrons. The lowest BCUT2D eigenvalue weighted by Gasteiger charge is -2.01. The normalized spacial score (nSPS) is 11.2. The van der Waals surface area contributed by atoms with E-state index < -0.39 is 0 Å². The maximum atomic E-state index is 9.67. The maximum absolute atomic E-state index is 9.67. The zero-order valence-electron chi connectivity index (χ0n) is 13.1. The van der Waals surface area contributed by atoms with Gasteiger partial charge in [-0.05, 0) is 29.8 Å². The van der Waals surface area contributed by atoms with Crippen LogP contribution in [0.4, 0.5) is 5.95 Å². The molecule has 0 saturated heterocycles. The molecular formula is C16H13Cl2N5O2S. The number of phenolic OH excluding ortho intramolecular Hbond substituents is 2. The van der Waals surface area contributed by atoms with E-state index in [9.17, 15) is 10.2 Å². The predicted octanol–water partition coefficient (Wildman–Crippen LogP) is 4.26. The molecule has 0 spiro atoms. The van der Waals surface area contributed by atoms with Crippen molar-refractivity contribution in [2.24, 2.45) is 5.10 Å². The Hall–Kier alpha value is -2.42. The number of hydrogen-bond donors (Lipinski definition) is 4. The van der Waals surface area contributed by atoms with E-state index in [4.69, 9.17) is 23.2 Å². The van der Waals surface area contributed by atoms with Crippen molar-refractivity contribution in [2.45, 2.75) is 10.9 Å². The van der Waals surface area contributed by atoms with Crippen LogP contribution in [0.1, 0.15) is 11.1 Å². The lowest BCUT2D eigenvalue weighted by atomic mass is 10.2. The summed E-state index contributed by atoms with van der Waals surface area (Å²) < 4.78 is 0. The fourth-order valence-electron chi connectivity index (χ4n) is 1.94. The summed E-state index contributed by atoms with van der Waals surface area (Å²) in [5.41, 5.74) is 4.14. The van der Waals surface area contributed by atoms with Gasteiger partial charge in [0.05, 0.1) is 16.3 Å². The molecule has 0 bridgehead atoms. The summed E-state index contributed by atoms with van der Waals surface area (Å²) in [6.07, 6.45) is 1.40. The average Bonchev–Trinajstić information content (AvgIpc) is 3.06. The number of H-pyrrole nitrogens is 1. The number of thioether (sulfide) groups is 1. The Morgan fingerprint density at radius 1 is 1.15 bits per heavy atom. The van der Waals surface area contributed by atoms with Gasteiger partial charge in [-0.1, -0.05) is 41.0 Å². The molecule has 0 aliphatic carbocycles. The largest absolute Gasteiger partial charge is 0.508 e. The predicted molar refractivity (Wildman–Crippen MR) is 103 cm³/mol. The number of phenols is 2. The first-order chi connectivity index (χ1) is 12.5. The van der Waals surface area contributed by atoms with Crippen molar-refractivity contribution in [2.75, 3.05) is 5.43 Å². The summed E-state index contributed by atoms with van der Waals surface area (Å²) >= 11 is 13.3. The van der Waals surface area contributed by atoms with Gasteiger partial charge >= 0.3 is 0 Å². The van der Waals surface area contributed by atoms with Crippen LogP contribution in [0, 0.1) is 0 Å². The average molecular weight is 410 g/mol. The van der Waals surface area contributed by atoms with Gasteiger partial charge in [0.2, 0.25) is 11.1 Å². The van der Waals surface area contributed by atoms with Crippen LogP contribution in [-0.2, 0) is 5.75 Å². The van der Waals surface area contributed by atoms with Crippen LogP contribution in [0.5, 0.6) is 11.5 Å². The summed E-state index contributed by atoms with van der Waals surface area (Å²) in [6.45, 7) is 0. The molecule has 0 fully saturated rings. The molecule has 134 valence electrons. The molecule has 0 aliphatic heterocycles. The van der Waals surface area contributed by atoms with Gasteiger partial charge in [-0.15, -0.1) is 5.10 Å². The Morgan fingerprint density at radius 3 is 2.77 bits per heavy atom. The van der Waals surface area contributed by atoms with Crippen LogP contribution in [0.2, 0.25) is 10.0 Å². The Balaban J connectivity index is 1.55. The molecule has 0 unspecified atom stereocenters. The van der Waals surface area contributed by atoms with Crippen molar-refractivity contribution in [3.63, 3.8) is 0 Å². The maximum Gasteiger partial charge on any atom is 0.240 e. The van der Waals surface area contributed by atoms with Crippen LogP contribution >= 0.6 is 35.0 Å².